The van der Waals surface area contributed by atoms with Crippen molar-refractivity contribution in [1.29, 1.82) is 0 Å². The number of carbonyl (C=O) groups excluding carboxylic acids is 1. The molecular formula is C23H31IN4O2. The van der Waals surface area contributed by atoms with Crippen LogP contribution in [0.15, 0.2) is 59.6 Å². The molecule has 0 aliphatic carbocycles. The van der Waals surface area contributed by atoms with Crippen molar-refractivity contribution in [3.05, 3.63) is 65.7 Å². The molecule has 1 aliphatic heterocycles. The molecular weight excluding hydrogens is 491 g/mol. The Morgan fingerprint density at radius 2 is 1.83 bits per heavy atom. The molecule has 30 heavy (non-hydrogen) atoms. The Morgan fingerprint density at radius 3 is 2.53 bits per heavy atom. The van der Waals surface area contributed by atoms with E-state index in [4.69, 9.17) is 4.74 Å². The maximum atomic E-state index is 12.1. The summed E-state index contributed by atoms with van der Waals surface area (Å²) >= 11 is 0. The molecule has 0 radical (unpaired) electrons. The molecule has 1 amide bonds. The van der Waals surface area contributed by atoms with Gasteiger partial charge in [0, 0.05) is 31.8 Å². The van der Waals surface area contributed by atoms with Crippen LogP contribution in [0.25, 0.3) is 0 Å². The van der Waals surface area contributed by atoms with Gasteiger partial charge >= 0.3 is 0 Å². The molecule has 162 valence electrons. The Kier molecular flexibility index (Phi) is 10.1. The average molecular weight is 522 g/mol. The molecule has 2 atom stereocenters. The predicted octanol–water partition coefficient (Wildman–Crippen LogP) is 3.88. The number of benzene rings is 2. The third-order valence-corrected chi connectivity index (χ3v) is 5.08. The first-order valence-corrected chi connectivity index (χ1v) is 10.1. The van der Waals surface area contributed by atoms with Crippen molar-refractivity contribution in [2.75, 3.05) is 32.1 Å². The van der Waals surface area contributed by atoms with E-state index < -0.39 is 0 Å². The lowest BCUT2D eigenvalue weighted by Gasteiger charge is -2.32. The Morgan fingerprint density at radius 1 is 1.10 bits per heavy atom. The zero-order chi connectivity index (χ0) is 20.5. The van der Waals surface area contributed by atoms with Crippen LogP contribution in [-0.4, -0.2) is 38.6 Å². The van der Waals surface area contributed by atoms with Gasteiger partial charge in [-0.1, -0.05) is 48.0 Å². The fourth-order valence-electron chi connectivity index (χ4n) is 3.52. The highest BCUT2D eigenvalue weighted by Crippen LogP contribution is 2.33. The first-order valence-electron chi connectivity index (χ1n) is 10.1. The maximum Gasteiger partial charge on any atom is 0.243 e. The van der Waals surface area contributed by atoms with E-state index in [1.807, 2.05) is 30.3 Å². The standard InChI is InChI=1S/C23H30N4O2.HI/c1-17-10-12-18(13-11-17)22-19(7-6-14-29-22)15-25-23(24-2)26-16-21(28)27-20-8-4-3-5-9-20;/h3-5,8-13,19,22H,6-7,14-16H2,1-2H3,(H,27,28)(H2,24,25,26);1H. The maximum absolute atomic E-state index is 12.1. The van der Waals surface area contributed by atoms with Crippen LogP contribution in [0.5, 0.6) is 0 Å². The van der Waals surface area contributed by atoms with Crippen LogP contribution in [0, 0.1) is 12.8 Å². The van der Waals surface area contributed by atoms with Crippen LogP contribution in [0.3, 0.4) is 0 Å². The van der Waals surface area contributed by atoms with Gasteiger partial charge in [0.25, 0.3) is 0 Å². The van der Waals surface area contributed by atoms with Crippen molar-refractivity contribution in [2.24, 2.45) is 10.9 Å². The molecule has 1 fully saturated rings. The monoisotopic (exact) mass is 522 g/mol. The number of anilines is 1. The second-order valence-electron chi connectivity index (χ2n) is 7.33. The minimum atomic E-state index is -0.113. The van der Waals surface area contributed by atoms with Crippen LogP contribution >= 0.6 is 24.0 Å². The summed E-state index contributed by atoms with van der Waals surface area (Å²) in [5, 5.41) is 9.28. The highest BCUT2D eigenvalue weighted by atomic mass is 127. The van der Waals surface area contributed by atoms with Gasteiger partial charge in [0.15, 0.2) is 5.96 Å². The number of hydrogen-bond acceptors (Lipinski definition) is 3. The average Bonchev–Trinajstić information content (AvgIpc) is 2.75. The van der Waals surface area contributed by atoms with Gasteiger partial charge in [-0.05, 0) is 37.5 Å². The minimum absolute atomic E-state index is 0. The summed E-state index contributed by atoms with van der Waals surface area (Å²) in [5.41, 5.74) is 3.24. The number of nitrogens with zero attached hydrogens (tertiary/aromatic N) is 1. The summed E-state index contributed by atoms with van der Waals surface area (Å²) in [4.78, 5) is 16.4. The first kappa shape index (κ1) is 24.1. The number of aliphatic imine (C=N–C) groups is 1. The molecule has 1 saturated heterocycles. The van der Waals surface area contributed by atoms with E-state index >= 15 is 0 Å². The minimum Gasteiger partial charge on any atom is -0.373 e. The van der Waals surface area contributed by atoms with Gasteiger partial charge < -0.3 is 20.7 Å². The molecule has 1 heterocycles. The Bertz CT molecular complexity index is 812. The molecule has 3 rings (SSSR count). The van der Waals surface area contributed by atoms with Crippen molar-refractivity contribution in [2.45, 2.75) is 25.9 Å². The van der Waals surface area contributed by atoms with Crippen LogP contribution < -0.4 is 16.0 Å². The van der Waals surface area contributed by atoms with E-state index in [1.54, 1.807) is 7.05 Å². The number of carbonyl (C=O) groups is 1. The lowest BCUT2D eigenvalue weighted by Crippen LogP contribution is -2.44. The molecule has 1 aliphatic rings. The van der Waals surface area contributed by atoms with E-state index in [0.717, 1.165) is 31.7 Å². The van der Waals surface area contributed by atoms with E-state index in [2.05, 4.69) is 52.1 Å². The quantitative estimate of drug-likeness (QED) is 0.306. The second kappa shape index (κ2) is 12.5. The number of guanidine groups is 1. The van der Waals surface area contributed by atoms with Gasteiger partial charge in [-0.25, -0.2) is 0 Å². The third kappa shape index (κ3) is 7.28. The fourth-order valence-corrected chi connectivity index (χ4v) is 3.52. The van der Waals surface area contributed by atoms with Crippen LogP contribution in [0.4, 0.5) is 5.69 Å². The van der Waals surface area contributed by atoms with Gasteiger partial charge in [-0.2, -0.15) is 0 Å². The van der Waals surface area contributed by atoms with E-state index in [0.29, 0.717) is 11.9 Å². The first-order chi connectivity index (χ1) is 14.2. The summed E-state index contributed by atoms with van der Waals surface area (Å²) < 4.78 is 6.08. The SMILES string of the molecule is CN=C(NCC(=O)Nc1ccccc1)NCC1CCCOC1c1ccc(C)cc1.I. The molecule has 6 nitrogen and oxygen atoms in total. The number of halogens is 1. The topological polar surface area (TPSA) is 74.8 Å². The number of rotatable bonds is 6. The molecule has 0 bridgehead atoms. The van der Waals surface area contributed by atoms with Gasteiger partial charge in [0.1, 0.15) is 0 Å². The molecule has 0 spiro atoms. The number of hydrogen-bond donors (Lipinski definition) is 3. The van der Waals surface area contributed by atoms with Gasteiger partial charge in [0.2, 0.25) is 5.91 Å². The van der Waals surface area contributed by atoms with Crippen LogP contribution in [-0.2, 0) is 9.53 Å². The van der Waals surface area contributed by atoms with Gasteiger partial charge in [-0.3, -0.25) is 9.79 Å². The smallest absolute Gasteiger partial charge is 0.243 e. The zero-order valence-corrected chi connectivity index (χ0v) is 19.9. The van der Waals surface area contributed by atoms with E-state index in [9.17, 15) is 4.79 Å². The number of amides is 1. The van der Waals surface area contributed by atoms with Gasteiger partial charge in [0.05, 0.1) is 12.6 Å². The largest absolute Gasteiger partial charge is 0.373 e. The summed E-state index contributed by atoms with van der Waals surface area (Å²) in [6, 6.07) is 18.0. The summed E-state index contributed by atoms with van der Waals surface area (Å²) in [6.07, 6.45) is 2.23. The highest BCUT2D eigenvalue weighted by Gasteiger charge is 2.27. The van der Waals surface area contributed by atoms with Crippen molar-refractivity contribution < 1.29 is 9.53 Å². The number of ether oxygens (including phenoxy) is 1. The molecule has 0 aromatic heterocycles. The fraction of sp³-hybridized carbons (Fsp3) is 0.391. The lowest BCUT2D eigenvalue weighted by molar-refractivity contribution is -0.115. The Labute approximate surface area is 195 Å². The van der Waals surface area contributed by atoms with Crippen LogP contribution in [0.2, 0.25) is 0 Å². The molecule has 2 aromatic carbocycles. The second-order valence-corrected chi connectivity index (χ2v) is 7.33. The van der Waals surface area contributed by atoms with Crippen molar-refractivity contribution in [1.82, 2.24) is 10.6 Å². The highest BCUT2D eigenvalue weighted by molar-refractivity contribution is 14.0. The van der Waals surface area contributed by atoms with E-state index in [-0.39, 0.29) is 42.5 Å². The summed E-state index contributed by atoms with van der Waals surface area (Å²) in [7, 11) is 1.71. The van der Waals surface area contributed by atoms with Crippen LogP contribution in [0.1, 0.15) is 30.1 Å². The summed E-state index contributed by atoms with van der Waals surface area (Å²) in [5.74, 6) is 0.849. The van der Waals surface area contributed by atoms with E-state index in [1.165, 1.54) is 11.1 Å². The molecule has 3 N–H and O–H groups in total. The lowest BCUT2D eigenvalue weighted by atomic mass is 9.89. The number of aryl methyl sites for hydroxylation is 1. The summed E-state index contributed by atoms with van der Waals surface area (Å²) in [6.45, 7) is 3.77. The Balaban J connectivity index is 0.00000320. The van der Waals surface area contributed by atoms with Gasteiger partial charge in [-0.15, -0.1) is 24.0 Å². The molecule has 7 heteroatoms. The normalized spacial score (nSPS) is 18.8. The third-order valence-electron chi connectivity index (χ3n) is 5.08. The van der Waals surface area contributed by atoms with Crippen molar-refractivity contribution in [3.63, 3.8) is 0 Å². The molecule has 2 aromatic rings. The van der Waals surface area contributed by atoms with Crippen molar-refractivity contribution >= 4 is 41.5 Å². The number of para-hydroxylation sites is 1. The predicted molar refractivity (Wildman–Crippen MR) is 132 cm³/mol. The molecule has 0 saturated carbocycles. The van der Waals surface area contributed by atoms with Crippen molar-refractivity contribution in [3.8, 4) is 0 Å². The number of nitrogens with one attached hydrogen (secondary N) is 3. The molecule has 2 unspecified atom stereocenters. The zero-order valence-electron chi connectivity index (χ0n) is 17.6. The Hall–Kier alpha value is -2.13.